The molecule has 0 aliphatic heterocycles. The summed E-state index contributed by atoms with van der Waals surface area (Å²) >= 11 is 0. The fourth-order valence-corrected chi connectivity index (χ4v) is 0.599. The highest BCUT2D eigenvalue weighted by Gasteiger charge is 2.09. The zero-order valence-electron chi connectivity index (χ0n) is 5.43. The van der Waals surface area contributed by atoms with E-state index < -0.39 is 5.97 Å². The monoisotopic (exact) mass is 150 g/mol. The van der Waals surface area contributed by atoms with Crippen molar-refractivity contribution in [1.29, 1.82) is 5.39 Å². The van der Waals surface area contributed by atoms with Crippen molar-refractivity contribution in [2.45, 2.75) is 0 Å². The van der Waals surface area contributed by atoms with Gasteiger partial charge in [0.05, 0.1) is 11.6 Å². The van der Waals surface area contributed by atoms with E-state index in [9.17, 15) is 4.79 Å². The van der Waals surface area contributed by atoms with E-state index in [2.05, 4.69) is 9.96 Å². The van der Waals surface area contributed by atoms with Crippen LogP contribution in [0.3, 0.4) is 0 Å². The minimum Gasteiger partial charge on any atom is -0.478 e. The molecule has 54 valence electrons. The SMILES string of the molecule is N#[N+]c1cncc(C(=O)O)c1. The summed E-state index contributed by atoms with van der Waals surface area (Å²) in [6, 6.07) is 1.22. The smallest absolute Gasteiger partial charge is 0.403 e. The highest BCUT2D eigenvalue weighted by molar-refractivity contribution is 5.88. The van der Waals surface area contributed by atoms with E-state index in [1.807, 2.05) is 0 Å². The van der Waals surface area contributed by atoms with Crippen molar-refractivity contribution >= 4 is 11.7 Å². The van der Waals surface area contributed by atoms with E-state index in [0.717, 1.165) is 0 Å². The van der Waals surface area contributed by atoms with Gasteiger partial charge in [-0.25, -0.2) is 4.79 Å². The fourth-order valence-electron chi connectivity index (χ4n) is 0.599. The van der Waals surface area contributed by atoms with Gasteiger partial charge in [0.25, 0.3) is 0 Å². The molecule has 0 unspecified atom stereocenters. The molecule has 0 spiro atoms. The van der Waals surface area contributed by atoms with E-state index in [-0.39, 0.29) is 11.3 Å². The van der Waals surface area contributed by atoms with Crippen LogP contribution in [-0.2, 0) is 0 Å². The summed E-state index contributed by atoms with van der Waals surface area (Å²) in [7, 11) is 0. The average Bonchev–Trinajstić information content (AvgIpc) is 2.05. The van der Waals surface area contributed by atoms with Gasteiger partial charge in [0.2, 0.25) is 5.39 Å². The van der Waals surface area contributed by atoms with E-state index in [4.69, 9.17) is 10.5 Å². The van der Waals surface area contributed by atoms with Crippen molar-refractivity contribution in [1.82, 2.24) is 4.98 Å². The average molecular weight is 150 g/mol. The Morgan fingerprint density at radius 1 is 1.64 bits per heavy atom. The Morgan fingerprint density at radius 3 is 2.91 bits per heavy atom. The number of hydrogen-bond acceptors (Lipinski definition) is 3. The van der Waals surface area contributed by atoms with Crippen molar-refractivity contribution < 1.29 is 9.90 Å². The highest BCUT2D eigenvalue weighted by atomic mass is 16.4. The lowest BCUT2D eigenvalue weighted by Gasteiger charge is -1.86. The minimum absolute atomic E-state index is 0.000278. The predicted molar refractivity (Wildman–Crippen MR) is 35.9 cm³/mol. The summed E-state index contributed by atoms with van der Waals surface area (Å²) in [5, 5.41) is 16.7. The number of hydrogen-bond donors (Lipinski definition) is 1. The van der Waals surface area contributed by atoms with Crippen LogP contribution in [0, 0.1) is 5.39 Å². The molecule has 0 saturated carbocycles. The van der Waals surface area contributed by atoms with Gasteiger partial charge in [-0.1, -0.05) is 0 Å². The Labute approximate surface area is 61.9 Å². The second-order valence-corrected chi connectivity index (χ2v) is 1.84. The summed E-state index contributed by atoms with van der Waals surface area (Å²) in [4.78, 5) is 16.6. The molecule has 1 aromatic heterocycles. The number of nitrogens with zero attached hydrogens (tertiary/aromatic N) is 3. The largest absolute Gasteiger partial charge is 0.478 e. The van der Waals surface area contributed by atoms with Crippen molar-refractivity contribution in [2.75, 3.05) is 0 Å². The molecule has 1 aromatic rings. The van der Waals surface area contributed by atoms with Crippen molar-refractivity contribution in [2.24, 2.45) is 0 Å². The zero-order valence-corrected chi connectivity index (χ0v) is 5.43. The minimum atomic E-state index is -1.09. The molecule has 1 N–H and O–H groups in total. The Bertz CT molecular complexity index is 329. The maximum Gasteiger partial charge on any atom is 0.403 e. The van der Waals surface area contributed by atoms with E-state index in [1.165, 1.54) is 18.5 Å². The van der Waals surface area contributed by atoms with Gasteiger partial charge < -0.3 is 5.11 Å². The Balaban J connectivity index is 3.13. The molecule has 0 atom stereocenters. The number of aromatic carboxylic acids is 1. The number of carbonyl (C=O) groups is 1. The van der Waals surface area contributed by atoms with Crippen molar-refractivity contribution in [3.8, 4) is 0 Å². The maximum absolute atomic E-state index is 10.3. The van der Waals surface area contributed by atoms with Crippen molar-refractivity contribution in [3.63, 3.8) is 0 Å². The van der Waals surface area contributed by atoms with Crippen molar-refractivity contribution in [3.05, 3.63) is 29.0 Å². The molecule has 0 aliphatic rings. The van der Waals surface area contributed by atoms with Crippen LogP contribution in [-0.4, -0.2) is 16.1 Å². The molecule has 0 bridgehead atoms. The maximum atomic E-state index is 10.3. The second-order valence-electron chi connectivity index (χ2n) is 1.84. The number of diazo groups is 1. The first kappa shape index (κ1) is 7.15. The number of carboxylic acids is 1. The molecule has 0 aliphatic carbocycles. The normalized spacial score (nSPS) is 8.64. The standard InChI is InChI=1S/C6H3N3O2/c7-9-5-1-4(6(10)11)2-8-3-5/h1-3H/p+1. The zero-order chi connectivity index (χ0) is 8.27. The third-order valence-electron chi connectivity index (χ3n) is 1.09. The summed E-state index contributed by atoms with van der Waals surface area (Å²) in [6.45, 7) is 0. The number of carboxylic acid groups (broad SMARTS) is 1. The van der Waals surface area contributed by atoms with Gasteiger partial charge in [-0.15, -0.1) is 0 Å². The van der Waals surface area contributed by atoms with E-state index in [1.54, 1.807) is 0 Å². The molecule has 0 aromatic carbocycles. The molecular weight excluding hydrogens is 146 g/mol. The summed E-state index contributed by atoms with van der Waals surface area (Å²) in [5.41, 5.74) is 0.130. The van der Waals surface area contributed by atoms with Crippen LogP contribution < -0.4 is 0 Å². The van der Waals surface area contributed by atoms with E-state index >= 15 is 0 Å². The molecule has 5 nitrogen and oxygen atoms in total. The second kappa shape index (κ2) is 2.75. The van der Waals surface area contributed by atoms with Gasteiger partial charge in [-0.2, -0.15) is 0 Å². The van der Waals surface area contributed by atoms with Crippen LogP contribution >= 0.6 is 0 Å². The third-order valence-corrected chi connectivity index (χ3v) is 1.09. The first-order chi connectivity index (χ1) is 5.24. The van der Waals surface area contributed by atoms with Crippen LogP contribution in [0.15, 0.2) is 18.5 Å². The molecule has 0 fully saturated rings. The van der Waals surface area contributed by atoms with Gasteiger partial charge in [0.1, 0.15) is 6.20 Å². The van der Waals surface area contributed by atoms with Gasteiger partial charge in [-0.3, -0.25) is 4.98 Å². The lowest BCUT2D eigenvalue weighted by atomic mass is 10.3. The quantitative estimate of drug-likeness (QED) is 0.611. The lowest BCUT2D eigenvalue weighted by molar-refractivity contribution is 0.0696. The molecule has 0 radical (unpaired) electrons. The van der Waals surface area contributed by atoms with Gasteiger partial charge in [-0.05, 0) is 0 Å². The van der Waals surface area contributed by atoms with Gasteiger partial charge >= 0.3 is 11.7 Å². The Kier molecular flexibility index (Phi) is 1.79. The van der Waals surface area contributed by atoms with Gasteiger partial charge in [0.15, 0.2) is 4.98 Å². The third kappa shape index (κ3) is 1.49. The summed E-state index contributed by atoms with van der Waals surface area (Å²) < 4.78 is 0. The Hall–Kier alpha value is -1.96. The van der Waals surface area contributed by atoms with E-state index in [0.29, 0.717) is 0 Å². The molecule has 11 heavy (non-hydrogen) atoms. The first-order valence-corrected chi connectivity index (χ1v) is 2.77. The fraction of sp³-hybridized carbons (Fsp3) is 0. The Morgan fingerprint density at radius 2 is 2.36 bits per heavy atom. The predicted octanol–water partition coefficient (Wildman–Crippen LogP) is 1.26. The van der Waals surface area contributed by atoms with Gasteiger partial charge in [0, 0.05) is 6.20 Å². The van der Waals surface area contributed by atoms with Crippen LogP contribution in [0.4, 0.5) is 5.69 Å². The lowest BCUT2D eigenvalue weighted by Crippen LogP contribution is -1.95. The molecule has 1 rings (SSSR count). The number of pyridine rings is 1. The van der Waals surface area contributed by atoms with Crippen LogP contribution in [0.1, 0.15) is 10.4 Å². The van der Waals surface area contributed by atoms with Crippen LogP contribution in [0.25, 0.3) is 4.98 Å². The molecule has 0 amide bonds. The summed E-state index contributed by atoms with van der Waals surface area (Å²) in [6.07, 6.45) is 2.43. The molecule has 5 heteroatoms. The first-order valence-electron chi connectivity index (χ1n) is 2.77. The highest BCUT2D eigenvalue weighted by Crippen LogP contribution is 2.10. The van der Waals surface area contributed by atoms with Crippen LogP contribution in [0.2, 0.25) is 0 Å². The van der Waals surface area contributed by atoms with Crippen LogP contribution in [0.5, 0.6) is 0 Å². The summed E-state index contributed by atoms with van der Waals surface area (Å²) in [5.74, 6) is -1.09. The molecule has 0 saturated heterocycles. The topological polar surface area (TPSA) is 78.3 Å². The number of aromatic nitrogens is 1. The molecular formula is C6H4N3O2+. The molecule has 1 heterocycles. The number of rotatable bonds is 1.